The number of aromatic nitrogens is 2. The van der Waals surface area contributed by atoms with E-state index in [0.717, 1.165) is 18.4 Å². The van der Waals surface area contributed by atoms with Crippen molar-refractivity contribution in [2.24, 2.45) is 7.05 Å². The van der Waals surface area contributed by atoms with Crippen LogP contribution in [-0.2, 0) is 48.5 Å². The molecule has 2 heterocycles. The van der Waals surface area contributed by atoms with Crippen molar-refractivity contribution in [2.75, 3.05) is 13.7 Å². The summed E-state index contributed by atoms with van der Waals surface area (Å²) < 4.78 is 12.3. The van der Waals surface area contributed by atoms with Crippen LogP contribution in [-0.4, -0.2) is 87.2 Å². The van der Waals surface area contributed by atoms with Crippen LogP contribution in [0.25, 0.3) is 0 Å². The van der Waals surface area contributed by atoms with Gasteiger partial charge in [-0.25, -0.2) is 14.6 Å². The summed E-state index contributed by atoms with van der Waals surface area (Å²) in [5, 5.41) is 8.79. The minimum atomic E-state index is -1.33. The average molecular weight is 711 g/mol. The lowest BCUT2D eigenvalue weighted by atomic mass is 9.84. The lowest BCUT2D eigenvalue weighted by molar-refractivity contribution is -0.148. The fraction of sp³-hybridized carbons (Fsp3) is 0.632. The monoisotopic (exact) mass is 710 g/mol. The van der Waals surface area contributed by atoms with E-state index in [1.807, 2.05) is 44.2 Å². The van der Waals surface area contributed by atoms with Crippen molar-refractivity contribution < 1.29 is 33.4 Å². The number of nitrogens with zero attached hydrogens (tertiary/aromatic N) is 3. The summed E-state index contributed by atoms with van der Waals surface area (Å²) in [6.45, 7) is 9.55. The molecule has 13 nitrogen and oxygen atoms in total. The highest BCUT2D eigenvalue weighted by molar-refractivity contribution is 5.97. The van der Waals surface area contributed by atoms with Crippen LogP contribution in [0.15, 0.2) is 42.9 Å². The first-order valence-electron chi connectivity index (χ1n) is 18.2. The molecule has 0 radical (unpaired) electrons. The van der Waals surface area contributed by atoms with E-state index in [-0.39, 0.29) is 12.8 Å². The first kappa shape index (κ1) is 41.0. The molecule has 0 bridgehead atoms. The molecule has 1 aromatic carbocycles. The Hall–Kier alpha value is -4.42. The van der Waals surface area contributed by atoms with Gasteiger partial charge in [-0.05, 0) is 58.4 Å². The van der Waals surface area contributed by atoms with Crippen molar-refractivity contribution >= 4 is 29.8 Å². The molecule has 1 saturated heterocycles. The van der Waals surface area contributed by atoms with Crippen molar-refractivity contribution in [1.29, 1.82) is 0 Å². The fourth-order valence-corrected chi connectivity index (χ4v) is 6.40. The van der Waals surface area contributed by atoms with Crippen LogP contribution in [0.5, 0.6) is 0 Å². The highest BCUT2D eigenvalue weighted by atomic mass is 16.6. The van der Waals surface area contributed by atoms with E-state index >= 15 is 0 Å². The third-order valence-electron chi connectivity index (χ3n) is 9.19. The lowest BCUT2D eigenvalue weighted by Gasteiger charge is -2.40. The number of ether oxygens (including phenoxy) is 2. The average Bonchev–Trinajstić information content (AvgIpc) is 3.51. The minimum Gasteiger partial charge on any atom is -0.467 e. The van der Waals surface area contributed by atoms with Crippen LogP contribution >= 0.6 is 0 Å². The molecular weight excluding hydrogens is 652 g/mol. The zero-order valence-corrected chi connectivity index (χ0v) is 31.5. The molecule has 282 valence electrons. The number of benzene rings is 1. The Kier molecular flexibility index (Phi) is 15.5. The second-order valence-corrected chi connectivity index (χ2v) is 14.5. The van der Waals surface area contributed by atoms with E-state index in [0.29, 0.717) is 57.2 Å². The quantitative estimate of drug-likeness (QED) is 0.204. The Labute approximate surface area is 302 Å². The summed E-state index contributed by atoms with van der Waals surface area (Å²) in [6, 6.07) is 6.47. The predicted octanol–water partition coefficient (Wildman–Crippen LogP) is 4.37. The number of methoxy groups -OCH3 is 1. The first-order chi connectivity index (χ1) is 24.2. The van der Waals surface area contributed by atoms with E-state index < -0.39 is 59.0 Å². The molecule has 2 aromatic rings. The number of carbonyl (C=O) groups excluding carboxylic acids is 5. The summed E-state index contributed by atoms with van der Waals surface area (Å²) in [6.07, 6.45) is 8.19. The van der Waals surface area contributed by atoms with Gasteiger partial charge in [-0.15, -0.1) is 0 Å². The molecule has 1 aliphatic rings. The van der Waals surface area contributed by atoms with E-state index in [1.54, 1.807) is 44.9 Å². The van der Waals surface area contributed by atoms with Crippen molar-refractivity contribution in [2.45, 2.75) is 135 Å². The van der Waals surface area contributed by atoms with E-state index in [4.69, 9.17) is 9.47 Å². The Morgan fingerprint density at radius 3 is 2.18 bits per heavy atom. The number of nitrogens with one attached hydrogen (secondary N) is 3. The normalized spacial score (nSPS) is 16.1. The predicted molar refractivity (Wildman–Crippen MR) is 193 cm³/mol. The van der Waals surface area contributed by atoms with Crippen LogP contribution in [0.3, 0.4) is 0 Å². The van der Waals surface area contributed by atoms with Gasteiger partial charge in [0, 0.05) is 38.3 Å². The maximum Gasteiger partial charge on any atom is 0.408 e. The maximum absolute atomic E-state index is 14.4. The van der Waals surface area contributed by atoms with Crippen LogP contribution in [0.4, 0.5) is 4.79 Å². The Bertz CT molecular complexity index is 1450. The van der Waals surface area contributed by atoms with Gasteiger partial charge in [0.15, 0.2) is 0 Å². The van der Waals surface area contributed by atoms with Crippen molar-refractivity contribution in [3.05, 3.63) is 54.1 Å². The Morgan fingerprint density at radius 2 is 1.61 bits per heavy atom. The molecule has 51 heavy (non-hydrogen) atoms. The topological polar surface area (TPSA) is 161 Å². The number of esters is 1. The number of unbranched alkanes of at least 4 members (excludes halogenated alkanes) is 2. The number of aryl methyl sites for hydroxylation is 1. The van der Waals surface area contributed by atoms with Gasteiger partial charge >= 0.3 is 12.1 Å². The van der Waals surface area contributed by atoms with Gasteiger partial charge in [-0.3, -0.25) is 14.4 Å². The molecule has 1 aromatic heterocycles. The number of hydrogen-bond donors (Lipinski definition) is 3. The molecule has 3 rings (SSSR count). The first-order valence-corrected chi connectivity index (χ1v) is 18.2. The van der Waals surface area contributed by atoms with E-state index in [2.05, 4.69) is 20.9 Å². The van der Waals surface area contributed by atoms with Crippen molar-refractivity contribution in [1.82, 2.24) is 30.4 Å². The number of alkyl carbamates (subject to hydrolysis) is 1. The number of likely N-dealkylation sites (tertiary alicyclic amines) is 1. The number of rotatable bonds is 17. The van der Waals surface area contributed by atoms with Gasteiger partial charge in [0.1, 0.15) is 29.3 Å². The number of piperidine rings is 1. The lowest BCUT2D eigenvalue weighted by Crippen LogP contribution is -2.65. The summed E-state index contributed by atoms with van der Waals surface area (Å²) in [5.74, 6) is -1.91. The summed E-state index contributed by atoms with van der Waals surface area (Å²) in [5.41, 5.74) is -0.553. The highest BCUT2D eigenvalue weighted by Gasteiger charge is 2.44. The summed E-state index contributed by atoms with van der Waals surface area (Å²) >= 11 is 0. The molecule has 0 spiro atoms. The molecule has 3 N–H and O–H groups in total. The molecule has 13 heteroatoms. The standard InChI is InChI=1S/C38H58N6O7/c1-8-10-20-38(21-11-9-2,35(48)40-30(34(47)50-7)23-27-17-13-12-14-18-27)42-32(45)31-19-15-16-22-44(31)33(46)29(24-28-25-39-26-43(28)6)41-36(49)51-37(3,4)5/h12-14,17-18,25-26,29-31H,8-11,15-16,19-24H2,1-7H3,(H,40,48)(H,41,49)(H,42,45)/t29-,30-,31+/m0/s1. The zero-order valence-electron chi connectivity index (χ0n) is 31.5. The van der Waals surface area contributed by atoms with Crippen LogP contribution in [0, 0.1) is 0 Å². The molecule has 0 aliphatic carbocycles. The minimum absolute atomic E-state index is 0.134. The Balaban J connectivity index is 1.94. The Morgan fingerprint density at radius 1 is 0.941 bits per heavy atom. The molecule has 0 saturated carbocycles. The van der Waals surface area contributed by atoms with Gasteiger partial charge in [-0.1, -0.05) is 69.9 Å². The molecule has 0 unspecified atom stereocenters. The van der Waals surface area contributed by atoms with Gasteiger partial charge in [-0.2, -0.15) is 0 Å². The molecule has 1 aliphatic heterocycles. The van der Waals surface area contributed by atoms with Crippen LogP contribution < -0.4 is 16.0 Å². The smallest absolute Gasteiger partial charge is 0.408 e. The second-order valence-electron chi connectivity index (χ2n) is 14.5. The second kappa shape index (κ2) is 19.3. The van der Waals surface area contributed by atoms with Crippen molar-refractivity contribution in [3.8, 4) is 0 Å². The highest BCUT2D eigenvalue weighted by Crippen LogP contribution is 2.26. The van der Waals surface area contributed by atoms with Gasteiger partial charge in [0.25, 0.3) is 0 Å². The van der Waals surface area contributed by atoms with Gasteiger partial charge in [0.05, 0.1) is 13.4 Å². The summed E-state index contributed by atoms with van der Waals surface area (Å²) in [7, 11) is 3.08. The third kappa shape index (κ3) is 12.1. The van der Waals surface area contributed by atoms with Crippen LogP contribution in [0.2, 0.25) is 0 Å². The number of hydrogen-bond acceptors (Lipinski definition) is 8. The number of amides is 4. The van der Waals surface area contributed by atoms with E-state index in [1.165, 1.54) is 12.0 Å². The van der Waals surface area contributed by atoms with E-state index in [9.17, 15) is 24.0 Å². The number of carbonyl (C=O) groups is 5. The van der Waals surface area contributed by atoms with Crippen molar-refractivity contribution in [3.63, 3.8) is 0 Å². The summed E-state index contributed by atoms with van der Waals surface area (Å²) in [4.78, 5) is 74.7. The van der Waals surface area contributed by atoms with Gasteiger partial charge in [0.2, 0.25) is 17.7 Å². The molecule has 3 atom stereocenters. The molecular formula is C38H58N6O7. The van der Waals surface area contributed by atoms with Gasteiger partial charge < -0.3 is 34.9 Å². The maximum atomic E-state index is 14.4. The number of imidazole rings is 1. The fourth-order valence-electron chi connectivity index (χ4n) is 6.40. The SMILES string of the molecule is CCCCC(CCCC)(NC(=O)[C@H]1CCCCN1C(=O)[C@H](Cc1cncn1C)NC(=O)OC(C)(C)C)C(=O)N[C@@H](Cc1ccccc1)C(=O)OC. The zero-order chi connectivity index (χ0) is 37.6. The third-order valence-corrected chi connectivity index (χ3v) is 9.19. The largest absolute Gasteiger partial charge is 0.467 e. The molecule has 1 fully saturated rings. The molecule has 4 amide bonds. The van der Waals surface area contributed by atoms with Crippen LogP contribution in [0.1, 0.15) is 104 Å².